The number of halogens is 1. The van der Waals surface area contributed by atoms with Gasteiger partial charge in [-0.05, 0) is 32.4 Å². The molecule has 16 heavy (non-hydrogen) atoms. The van der Waals surface area contributed by atoms with Crippen molar-refractivity contribution in [1.29, 1.82) is 0 Å². The van der Waals surface area contributed by atoms with E-state index in [-0.39, 0.29) is 11.9 Å². The van der Waals surface area contributed by atoms with Gasteiger partial charge in [0.1, 0.15) is 5.82 Å². The second-order valence-corrected chi connectivity index (χ2v) is 4.62. The van der Waals surface area contributed by atoms with Gasteiger partial charge in [-0.1, -0.05) is 38.0 Å². The van der Waals surface area contributed by atoms with E-state index in [0.717, 1.165) is 24.0 Å². The van der Waals surface area contributed by atoms with Gasteiger partial charge in [0.2, 0.25) is 0 Å². The predicted octanol–water partition coefficient (Wildman–Crippen LogP) is 3.83. The van der Waals surface area contributed by atoms with Crippen LogP contribution in [0.25, 0.3) is 0 Å². The first kappa shape index (κ1) is 13.2. The first-order valence-corrected chi connectivity index (χ1v) is 6.01. The van der Waals surface area contributed by atoms with Crippen molar-refractivity contribution < 1.29 is 4.39 Å². The average molecular weight is 223 g/mol. The van der Waals surface area contributed by atoms with Gasteiger partial charge in [-0.15, -0.1) is 0 Å². The first-order chi connectivity index (χ1) is 7.58. The van der Waals surface area contributed by atoms with E-state index < -0.39 is 0 Å². The molecule has 0 saturated heterocycles. The van der Waals surface area contributed by atoms with Crippen LogP contribution in [0.2, 0.25) is 0 Å². The minimum absolute atomic E-state index is 0.103. The van der Waals surface area contributed by atoms with Crippen LogP contribution in [-0.4, -0.2) is 7.05 Å². The van der Waals surface area contributed by atoms with Gasteiger partial charge in [-0.3, -0.25) is 0 Å². The minimum atomic E-state index is -0.103. The Hall–Kier alpha value is -0.890. The van der Waals surface area contributed by atoms with E-state index in [1.54, 1.807) is 6.07 Å². The quantitative estimate of drug-likeness (QED) is 0.800. The highest BCUT2D eigenvalue weighted by molar-refractivity contribution is 5.26. The third kappa shape index (κ3) is 3.31. The zero-order chi connectivity index (χ0) is 12.1. The maximum absolute atomic E-state index is 13.7. The lowest BCUT2D eigenvalue weighted by Gasteiger charge is -2.21. The van der Waals surface area contributed by atoms with Crippen LogP contribution < -0.4 is 5.32 Å². The molecule has 0 fully saturated rings. The zero-order valence-corrected chi connectivity index (χ0v) is 10.7. The molecule has 0 amide bonds. The van der Waals surface area contributed by atoms with E-state index in [4.69, 9.17) is 0 Å². The summed E-state index contributed by atoms with van der Waals surface area (Å²) in [6, 6.07) is 5.44. The van der Waals surface area contributed by atoms with Gasteiger partial charge in [0.25, 0.3) is 0 Å². The molecule has 0 spiro atoms. The fraction of sp³-hybridized carbons (Fsp3) is 0.571. The molecular formula is C14H22FN. The van der Waals surface area contributed by atoms with Crippen LogP contribution >= 0.6 is 0 Å². The first-order valence-electron chi connectivity index (χ1n) is 6.01. The molecule has 1 aromatic carbocycles. The number of aryl methyl sites for hydroxylation is 1. The average Bonchev–Trinajstić information content (AvgIpc) is 2.29. The van der Waals surface area contributed by atoms with Gasteiger partial charge in [0.15, 0.2) is 0 Å². The summed E-state index contributed by atoms with van der Waals surface area (Å²) >= 11 is 0. The molecule has 0 bridgehead atoms. The standard InChI is InChI=1S/C14H22FN/c1-5-10(2)9-14(16-4)12-8-11(3)6-7-13(12)15/h6-8,10,14,16H,5,9H2,1-4H3. The van der Waals surface area contributed by atoms with Crippen LogP contribution in [0.4, 0.5) is 4.39 Å². The maximum atomic E-state index is 13.7. The molecule has 0 aromatic heterocycles. The third-order valence-electron chi connectivity index (χ3n) is 3.21. The molecule has 90 valence electrons. The summed E-state index contributed by atoms with van der Waals surface area (Å²) in [6.07, 6.45) is 2.11. The summed E-state index contributed by atoms with van der Waals surface area (Å²) in [6.45, 7) is 6.38. The van der Waals surface area contributed by atoms with Crippen LogP contribution in [0.15, 0.2) is 18.2 Å². The molecule has 1 aromatic rings. The summed E-state index contributed by atoms with van der Waals surface area (Å²) in [5.74, 6) is 0.505. The van der Waals surface area contributed by atoms with Crippen molar-refractivity contribution in [2.24, 2.45) is 5.92 Å². The van der Waals surface area contributed by atoms with Crippen molar-refractivity contribution >= 4 is 0 Å². The van der Waals surface area contributed by atoms with Crippen molar-refractivity contribution in [2.45, 2.75) is 39.7 Å². The van der Waals surface area contributed by atoms with E-state index in [1.807, 2.05) is 26.1 Å². The lowest BCUT2D eigenvalue weighted by molar-refractivity contribution is 0.410. The lowest BCUT2D eigenvalue weighted by Crippen LogP contribution is -2.20. The van der Waals surface area contributed by atoms with Crippen molar-refractivity contribution in [3.8, 4) is 0 Å². The van der Waals surface area contributed by atoms with E-state index in [0.29, 0.717) is 5.92 Å². The summed E-state index contributed by atoms with van der Waals surface area (Å²) in [5.41, 5.74) is 1.91. The zero-order valence-electron chi connectivity index (χ0n) is 10.7. The summed E-state index contributed by atoms with van der Waals surface area (Å²) in [7, 11) is 1.90. The molecule has 0 radical (unpaired) electrons. The normalized spacial score (nSPS) is 14.8. The van der Waals surface area contributed by atoms with Gasteiger partial charge < -0.3 is 5.32 Å². The molecule has 1 N–H and O–H groups in total. The van der Waals surface area contributed by atoms with Crippen molar-refractivity contribution in [3.05, 3.63) is 35.1 Å². The van der Waals surface area contributed by atoms with Crippen LogP contribution in [-0.2, 0) is 0 Å². The summed E-state index contributed by atoms with van der Waals surface area (Å²) in [4.78, 5) is 0. The molecule has 0 aliphatic heterocycles. The summed E-state index contributed by atoms with van der Waals surface area (Å²) in [5, 5.41) is 3.21. The molecule has 0 aliphatic rings. The van der Waals surface area contributed by atoms with E-state index in [9.17, 15) is 4.39 Å². The number of nitrogens with one attached hydrogen (secondary N) is 1. The van der Waals surface area contributed by atoms with Crippen molar-refractivity contribution in [3.63, 3.8) is 0 Å². The Morgan fingerprint density at radius 2 is 2.06 bits per heavy atom. The molecule has 0 aliphatic carbocycles. The van der Waals surface area contributed by atoms with Gasteiger partial charge in [-0.2, -0.15) is 0 Å². The molecule has 0 heterocycles. The Kier molecular flexibility index (Phi) is 4.94. The number of hydrogen-bond acceptors (Lipinski definition) is 1. The number of benzene rings is 1. The monoisotopic (exact) mass is 223 g/mol. The van der Waals surface area contributed by atoms with Gasteiger partial charge in [0, 0.05) is 11.6 Å². The summed E-state index contributed by atoms with van der Waals surface area (Å²) < 4.78 is 13.7. The highest BCUT2D eigenvalue weighted by atomic mass is 19.1. The number of hydrogen-bond donors (Lipinski definition) is 1. The minimum Gasteiger partial charge on any atom is -0.313 e. The molecule has 2 unspecified atom stereocenters. The molecule has 2 atom stereocenters. The van der Waals surface area contributed by atoms with Gasteiger partial charge >= 0.3 is 0 Å². The third-order valence-corrected chi connectivity index (χ3v) is 3.21. The van der Waals surface area contributed by atoms with Crippen LogP contribution in [0.5, 0.6) is 0 Å². The highest BCUT2D eigenvalue weighted by Crippen LogP contribution is 2.25. The van der Waals surface area contributed by atoms with E-state index >= 15 is 0 Å². The Bertz CT molecular complexity index is 336. The lowest BCUT2D eigenvalue weighted by atomic mass is 9.93. The van der Waals surface area contributed by atoms with Crippen LogP contribution in [0.1, 0.15) is 43.9 Å². The number of rotatable bonds is 5. The second kappa shape index (κ2) is 6.00. The Morgan fingerprint density at radius 1 is 1.38 bits per heavy atom. The fourth-order valence-electron chi connectivity index (χ4n) is 1.90. The van der Waals surface area contributed by atoms with Crippen molar-refractivity contribution in [1.82, 2.24) is 5.32 Å². The molecule has 0 saturated carbocycles. The Balaban J connectivity index is 2.89. The van der Waals surface area contributed by atoms with E-state index in [2.05, 4.69) is 19.2 Å². The fourth-order valence-corrected chi connectivity index (χ4v) is 1.90. The molecule has 1 nitrogen and oxygen atoms in total. The highest BCUT2D eigenvalue weighted by Gasteiger charge is 2.16. The Morgan fingerprint density at radius 3 is 2.62 bits per heavy atom. The molecule has 2 heteroatoms. The topological polar surface area (TPSA) is 12.0 Å². The van der Waals surface area contributed by atoms with Crippen molar-refractivity contribution in [2.75, 3.05) is 7.05 Å². The van der Waals surface area contributed by atoms with E-state index in [1.165, 1.54) is 0 Å². The molecule has 1 rings (SSSR count). The Labute approximate surface area is 98.1 Å². The van der Waals surface area contributed by atoms with Crippen LogP contribution in [0, 0.1) is 18.7 Å². The SMILES string of the molecule is CCC(C)CC(NC)c1cc(C)ccc1F. The second-order valence-electron chi connectivity index (χ2n) is 4.62. The smallest absolute Gasteiger partial charge is 0.127 e. The largest absolute Gasteiger partial charge is 0.313 e. The maximum Gasteiger partial charge on any atom is 0.127 e. The predicted molar refractivity (Wildman–Crippen MR) is 67.0 cm³/mol. The molecular weight excluding hydrogens is 201 g/mol. The van der Waals surface area contributed by atoms with Crippen LogP contribution in [0.3, 0.4) is 0 Å². The van der Waals surface area contributed by atoms with Gasteiger partial charge in [-0.25, -0.2) is 4.39 Å². The van der Waals surface area contributed by atoms with Gasteiger partial charge in [0.05, 0.1) is 0 Å².